The molecular formula is C70H48S2. The van der Waals surface area contributed by atoms with Crippen LogP contribution in [-0.2, 0) is 0 Å². The first kappa shape index (κ1) is 43.6. The van der Waals surface area contributed by atoms with Gasteiger partial charge in [-0.05, 0) is 171 Å². The second-order valence-corrected chi connectivity index (χ2v) is 20.7. The van der Waals surface area contributed by atoms with Gasteiger partial charge in [0.15, 0.2) is 0 Å². The van der Waals surface area contributed by atoms with Crippen molar-refractivity contribution in [1.29, 1.82) is 0 Å². The summed E-state index contributed by atoms with van der Waals surface area (Å²) in [6, 6.07) is 90.3. The Morgan fingerprint density at radius 3 is 0.917 bits per heavy atom. The van der Waals surface area contributed by atoms with E-state index in [9.17, 15) is 0 Å². The number of benzene rings is 11. The molecule has 2 heteroatoms. The Bertz CT molecular complexity index is 4250. The zero-order chi connectivity index (χ0) is 48.1. The fraction of sp³-hybridized carbons (Fsp3) is 0.0286. The molecule has 0 bridgehead atoms. The molecule has 0 saturated carbocycles. The summed E-state index contributed by atoms with van der Waals surface area (Å²) in [6.45, 7) is 4.25. The van der Waals surface area contributed by atoms with E-state index in [2.05, 4.69) is 269 Å². The lowest BCUT2D eigenvalue weighted by Gasteiger charge is -2.21. The molecule has 2 heterocycles. The van der Waals surface area contributed by atoms with Gasteiger partial charge in [0.2, 0.25) is 0 Å². The molecule has 0 radical (unpaired) electrons. The van der Waals surface area contributed by atoms with Crippen LogP contribution in [0.15, 0.2) is 243 Å². The minimum absolute atomic E-state index is 1.20. The maximum atomic E-state index is 2.50. The van der Waals surface area contributed by atoms with Crippen molar-refractivity contribution >= 4 is 77.9 Å². The minimum atomic E-state index is 1.20. The average molecular weight is 953 g/mol. The molecule has 0 saturated heterocycles. The monoisotopic (exact) mass is 952 g/mol. The Balaban J connectivity index is 1.02. The Morgan fingerprint density at radius 1 is 0.222 bits per heavy atom. The fourth-order valence-electron chi connectivity index (χ4n) is 11.1. The molecule has 0 amide bonds. The Hall–Kier alpha value is -8.40. The molecule has 0 aliphatic rings. The molecule has 0 unspecified atom stereocenters. The lowest BCUT2D eigenvalue weighted by atomic mass is 9.82. The van der Waals surface area contributed by atoms with Crippen LogP contribution in [-0.4, -0.2) is 0 Å². The van der Waals surface area contributed by atoms with Crippen molar-refractivity contribution < 1.29 is 0 Å². The van der Waals surface area contributed by atoms with E-state index >= 15 is 0 Å². The van der Waals surface area contributed by atoms with Gasteiger partial charge in [0.25, 0.3) is 0 Å². The van der Waals surface area contributed by atoms with Gasteiger partial charge in [-0.15, -0.1) is 22.7 Å². The van der Waals surface area contributed by atoms with Crippen LogP contribution in [0.1, 0.15) is 13.8 Å². The quantitative estimate of drug-likeness (QED) is 0.133. The summed E-state index contributed by atoms with van der Waals surface area (Å²) in [5.74, 6) is 0. The molecule has 13 rings (SSSR count). The van der Waals surface area contributed by atoms with Crippen LogP contribution in [0.5, 0.6) is 0 Å². The summed E-state index contributed by atoms with van der Waals surface area (Å²) >= 11 is 3.69. The molecular weight excluding hydrogens is 905 g/mol. The first-order valence-electron chi connectivity index (χ1n) is 24.8. The highest BCUT2D eigenvalue weighted by atomic mass is 32.1. The van der Waals surface area contributed by atoms with Crippen LogP contribution in [0.3, 0.4) is 0 Å². The molecule has 0 atom stereocenters. The molecule has 340 valence electrons. The first-order chi connectivity index (χ1) is 35.6. The van der Waals surface area contributed by atoms with E-state index in [0.29, 0.717) is 0 Å². The number of thiophene rings is 2. The number of fused-ring (bicyclic) bond motifs is 4. The third-order valence-corrected chi connectivity index (χ3v) is 16.9. The third kappa shape index (κ3) is 7.59. The van der Waals surface area contributed by atoms with Gasteiger partial charge in [-0.3, -0.25) is 0 Å². The molecule has 13 aromatic rings. The lowest BCUT2D eigenvalue weighted by molar-refractivity contribution is 1.49. The van der Waals surface area contributed by atoms with Crippen molar-refractivity contribution in [3.63, 3.8) is 0 Å². The number of rotatable bonds is 8. The SMILES string of the molecule is C/C=c1/ccc(-c2c3ccccc3c(-c3ccc4c(-c5ccc(-c6ccc(-c7ccccc7)s6)cc5)c5ccccc5c(-c5ccc(-c6ccc(-c7ccccc7)s6)cc5)c4c3)c3ccccc23)c/c1=C/C. The van der Waals surface area contributed by atoms with Gasteiger partial charge in [0, 0.05) is 19.5 Å². The zero-order valence-corrected chi connectivity index (χ0v) is 41.7. The van der Waals surface area contributed by atoms with Crippen molar-refractivity contribution in [3.05, 3.63) is 253 Å². The maximum Gasteiger partial charge on any atom is 0.0349 e. The van der Waals surface area contributed by atoms with Gasteiger partial charge in [0.05, 0.1) is 0 Å². The third-order valence-electron chi connectivity index (χ3n) is 14.5. The van der Waals surface area contributed by atoms with E-state index in [-0.39, 0.29) is 0 Å². The summed E-state index contributed by atoms with van der Waals surface area (Å²) in [4.78, 5) is 5.09. The molecule has 0 nitrogen and oxygen atoms in total. The fourth-order valence-corrected chi connectivity index (χ4v) is 13.1. The second kappa shape index (κ2) is 18.4. The van der Waals surface area contributed by atoms with Crippen LogP contribution in [0, 0.1) is 0 Å². The molecule has 0 spiro atoms. The predicted octanol–water partition coefficient (Wildman–Crippen LogP) is 19.4. The second-order valence-electron chi connectivity index (χ2n) is 18.5. The zero-order valence-electron chi connectivity index (χ0n) is 40.1. The number of hydrogen-bond acceptors (Lipinski definition) is 2. The van der Waals surface area contributed by atoms with Crippen molar-refractivity contribution in [2.24, 2.45) is 0 Å². The Morgan fingerprint density at radius 2 is 0.514 bits per heavy atom. The van der Waals surface area contributed by atoms with Crippen LogP contribution < -0.4 is 10.4 Å². The molecule has 0 aliphatic heterocycles. The van der Waals surface area contributed by atoms with Gasteiger partial charge in [-0.1, -0.05) is 218 Å². The van der Waals surface area contributed by atoms with Crippen LogP contribution in [0.4, 0.5) is 0 Å². The minimum Gasteiger partial charge on any atom is -0.135 e. The van der Waals surface area contributed by atoms with E-state index in [4.69, 9.17) is 0 Å². The smallest absolute Gasteiger partial charge is 0.0349 e. The summed E-state index contributed by atoms with van der Waals surface area (Å²) < 4.78 is 0. The van der Waals surface area contributed by atoms with E-state index < -0.39 is 0 Å². The van der Waals surface area contributed by atoms with E-state index in [1.807, 2.05) is 22.7 Å². The van der Waals surface area contributed by atoms with E-state index in [1.54, 1.807) is 0 Å². The summed E-state index contributed by atoms with van der Waals surface area (Å²) in [6.07, 6.45) is 4.42. The van der Waals surface area contributed by atoms with Gasteiger partial charge in [0.1, 0.15) is 0 Å². The molecule has 2 aromatic heterocycles. The normalized spacial score (nSPS) is 12.2. The van der Waals surface area contributed by atoms with E-state index in [1.165, 1.54) is 140 Å². The van der Waals surface area contributed by atoms with Crippen molar-refractivity contribution in [2.75, 3.05) is 0 Å². The lowest BCUT2D eigenvalue weighted by Crippen LogP contribution is -2.23. The first-order valence-corrected chi connectivity index (χ1v) is 26.4. The Kier molecular flexibility index (Phi) is 11.1. The van der Waals surface area contributed by atoms with Gasteiger partial charge >= 0.3 is 0 Å². The van der Waals surface area contributed by atoms with E-state index in [0.717, 1.165) is 0 Å². The standard InChI is InChI=1S/C70H48S2/c1-3-45-27-36-53(43-46(45)4-2)69-57-23-13-15-25-59(57)70(60-26-16-14-24-58(60)69)54-37-38-61-62(44-54)68(52-34-30-50(31-35-52)66-42-40-64(72-66)48-19-9-6-10-20-48)56-22-12-11-21-55(56)67(61)51-32-28-49(29-33-51)65-41-39-63(71-65)47-17-7-5-8-18-47/h3-44H,1-2H3/b45-3-,46-4-. The van der Waals surface area contributed by atoms with Gasteiger partial charge < -0.3 is 0 Å². The highest BCUT2D eigenvalue weighted by Gasteiger charge is 2.21. The van der Waals surface area contributed by atoms with Crippen molar-refractivity contribution in [3.8, 4) is 86.3 Å². The molecule has 0 aliphatic carbocycles. The highest BCUT2D eigenvalue weighted by molar-refractivity contribution is 7.19. The number of hydrogen-bond donors (Lipinski definition) is 0. The largest absolute Gasteiger partial charge is 0.135 e. The summed E-state index contributed by atoms with van der Waals surface area (Å²) in [5.41, 5.74) is 14.8. The van der Waals surface area contributed by atoms with Crippen LogP contribution in [0.2, 0.25) is 0 Å². The molecule has 11 aromatic carbocycles. The van der Waals surface area contributed by atoms with Crippen LogP contribution >= 0.6 is 22.7 Å². The predicted molar refractivity (Wildman–Crippen MR) is 315 cm³/mol. The summed E-state index contributed by atoms with van der Waals surface area (Å²) in [7, 11) is 0. The topological polar surface area (TPSA) is 0 Å². The Labute approximate surface area is 428 Å². The molecule has 72 heavy (non-hydrogen) atoms. The maximum absolute atomic E-state index is 2.50. The average Bonchev–Trinajstić information content (AvgIpc) is 4.16. The molecule has 0 N–H and O–H groups in total. The highest BCUT2D eigenvalue weighted by Crippen LogP contribution is 2.49. The van der Waals surface area contributed by atoms with Crippen molar-refractivity contribution in [1.82, 2.24) is 0 Å². The van der Waals surface area contributed by atoms with Gasteiger partial charge in [-0.2, -0.15) is 0 Å². The van der Waals surface area contributed by atoms with Crippen LogP contribution in [0.25, 0.3) is 142 Å². The molecule has 0 fully saturated rings. The van der Waals surface area contributed by atoms with Gasteiger partial charge in [-0.25, -0.2) is 0 Å². The van der Waals surface area contributed by atoms with Crippen molar-refractivity contribution in [2.45, 2.75) is 13.8 Å². The summed E-state index contributed by atoms with van der Waals surface area (Å²) in [5, 5.41) is 12.4.